The Kier molecular flexibility index (Phi) is 5.10. The number of hydrogen-bond acceptors (Lipinski definition) is 5. The van der Waals surface area contributed by atoms with E-state index < -0.39 is 0 Å². The SMILES string of the molecule is O=C(Nc1sc2c(c1CN1CCOCC1)CCCC2)c1cccnc1. The lowest BCUT2D eigenvalue weighted by Gasteiger charge is -2.27. The third kappa shape index (κ3) is 3.76. The number of amides is 1. The number of rotatable bonds is 4. The van der Waals surface area contributed by atoms with Gasteiger partial charge in [-0.2, -0.15) is 0 Å². The molecule has 1 saturated heterocycles. The Balaban J connectivity index is 1.59. The molecule has 0 bridgehead atoms. The minimum atomic E-state index is -0.0741. The molecule has 0 aromatic carbocycles. The van der Waals surface area contributed by atoms with Gasteiger partial charge in [-0.05, 0) is 43.4 Å². The van der Waals surface area contributed by atoms with Crippen molar-refractivity contribution >= 4 is 22.2 Å². The van der Waals surface area contributed by atoms with Crippen molar-refractivity contribution in [2.24, 2.45) is 0 Å². The number of thiophene rings is 1. The second kappa shape index (κ2) is 7.64. The number of carbonyl (C=O) groups excluding carboxylic acids is 1. The quantitative estimate of drug-likeness (QED) is 0.913. The molecule has 2 aromatic rings. The number of nitrogens with one attached hydrogen (secondary N) is 1. The molecule has 0 unspecified atom stereocenters. The van der Waals surface area contributed by atoms with E-state index in [0.29, 0.717) is 5.56 Å². The lowest BCUT2D eigenvalue weighted by molar-refractivity contribution is 0.0342. The average Bonchev–Trinajstić information content (AvgIpc) is 3.00. The number of anilines is 1. The van der Waals surface area contributed by atoms with Crippen molar-refractivity contribution in [3.8, 4) is 0 Å². The van der Waals surface area contributed by atoms with E-state index in [4.69, 9.17) is 4.74 Å². The first-order chi connectivity index (χ1) is 12.3. The van der Waals surface area contributed by atoms with Crippen LogP contribution >= 0.6 is 11.3 Å². The molecule has 5 nitrogen and oxygen atoms in total. The summed E-state index contributed by atoms with van der Waals surface area (Å²) >= 11 is 1.76. The Hall–Kier alpha value is -1.76. The molecule has 1 amide bonds. The zero-order valence-corrected chi connectivity index (χ0v) is 15.1. The summed E-state index contributed by atoms with van der Waals surface area (Å²) < 4.78 is 5.47. The molecule has 2 aromatic heterocycles. The molecule has 132 valence electrons. The lowest BCUT2D eigenvalue weighted by Crippen LogP contribution is -2.36. The zero-order valence-electron chi connectivity index (χ0n) is 14.3. The summed E-state index contributed by atoms with van der Waals surface area (Å²) in [6.45, 7) is 4.41. The van der Waals surface area contributed by atoms with Gasteiger partial charge >= 0.3 is 0 Å². The summed E-state index contributed by atoms with van der Waals surface area (Å²) in [5, 5.41) is 4.18. The Morgan fingerprint density at radius 2 is 2.12 bits per heavy atom. The topological polar surface area (TPSA) is 54.5 Å². The summed E-state index contributed by atoms with van der Waals surface area (Å²) in [5.74, 6) is -0.0741. The van der Waals surface area contributed by atoms with Crippen LogP contribution in [0.15, 0.2) is 24.5 Å². The molecule has 25 heavy (non-hydrogen) atoms. The van der Waals surface area contributed by atoms with E-state index in [1.165, 1.54) is 28.8 Å². The summed E-state index contributed by atoms with van der Waals surface area (Å²) in [6.07, 6.45) is 8.07. The van der Waals surface area contributed by atoms with Crippen molar-refractivity contribution in [3.05, 3.63) is 46.1 Å². The van der Waals surface area contributed by atoms with Gasteiger partial charge in [-0.1, -0.05) is 0 Å². The second-order valence-electron chi connectivity index (χ2n) is 6.60. The highest BCUT2D eigenvalue weighted by molar-refractivity contribution is 7.16. The molecular formula is C19H23N3O2S. The number of hydrogen-bond donors (Lipinski definition) is 1. The van der Waals surface area contributed by atoms with Crippen molar-refractivity contribution in [1.29, 1.82) is 0 Å². The van der Waals surface area contributed by atoms with Gasteiger partial charge < -0.3 is 10.1 Å². The maximum Gasteiger partial charge on any atom is 0.257 e. The van der Waals surface area contributed by atoms with Crippen molar-refractivity contribution in [1.82, 2.24) is 9.88 Å². The highest BCUT2D eigenvalue weighted by Crippen LogP contribution is 2.39. The largest absolute Gasteiger partial charge is 0.379 e. The van der Waals surface area contributed by atoms with Crippen LogP contribution in [0.4, 0.5) is 5.00 Å². The first kappa shape index (κ1) is 16.7. The predicted molar refractivity (Wildman–Crippen MR) is 99.2 cm³/mol. The zero-order chi connectivity index (χ0) is 17.1. The van der Waals surface area contributed by atoms with Gasteiger partial charge in [0.25, 0.3) is 5.91 Å². The van der Waals surface area contributed by atoms with Crippen LogP contribution in [-0.2, 0) is 24.1 Å². The second-order valence-corrected chi connectivity index (χ2v) is 7.71. The first-order valence-electron chi connectivity index (χ1n) is 8.96. The summed E-state index contributed by atoms with van der Waals surface area (Å²) in [6, 6.07) is 3.60. The van der Waals surface area contributed by atoms with Gasteiger partial charge in [0.15, 0.2) is 0 Å². The van der Waals surface area contributed by atoms with Crippen LogP contribution in [-0.4, -0.2) is 42.1 Å². The molecule has 1 N–H and O–H groups in total. The maximum absolute atomic E-state index is 12.6. The average molecular weight is 357 g/mol. The lowest BCUT2D eigenvalue weighted by atomic mass is 9.95. The van der Waals surface area contributed by atoms with E-state index in [0.717, 1.165) is 50.7 Å². The molecule has 0 radical (unpaired) electrons. The molecular weight excluding hydrogens is 334 g/mol. The smallest absolute Gasteiger partial charge is 0.257 e. The third-order valence-corrected chi connectivity index (χ3v) is 6.17. The van der Waals surface area contributed by atoms with Crippen LogP contribution in [0, 0.1) is 0 Å². The number of carbonyl (C=O) groups is 1. The molecule has 2 aliphatic rings. The van der Waals surface area contributed by atoms with E-state index in [1.54, 1.807) is 35.9 Å². The summed E-state index contributed by atoms with van der Waals surface area (Å²) in [7, 11) is 0. The molecule has 4 rings (SSSR count). The van der Waals surface area contributed by atoms with E-state index >= 15 is 0 Å². The fourth-order valence-corrected chi connectivity index (χ4v) is 4.85. The summed E-state index contributed by atoms with van der Waals surface area (Å²) in [5.41, 5.74) is 3.40. The van der Waals surface area contributed by atoms with Gasteiger partial charge in [0, 0.05) is 42.5 Å². The molecule has 1 aliphatic heterocycles. The van der Waals surface area contributed by atoms with Gasteiger partial charge in [0.2, 0.25) is 0 Å². The molecule has 3 heterocycles. The van der Waals surface area contributed by atoms with Crippen LogP contribution in [0.2, 0.25) is 0 Å². The Morgan fingerprint density at radius 3 is 2.92 bits per heavy atom. The molecule has 0 spiro atoms. The van der Waals surface area contributed by atoms with Gasteiger partial charge in [-0.25, -0.2) is 0 Å². The van der Waals surface area contributed by atoms with Crippen molar-refractivity contribution in [2.45, 2.75) is 32.2 Å². The van der Waals surface area contributed by atoms with Crippen molar-refractivity contribution < 1.29 is 9.53 Å². The van der Waals surface area contributed by atoms with Crippen LogP contribution in [0.5, 0.6) is 0 Å². The number of morpholine rings is 1. The van der Waals surface area contributed by atoms with Gasteiger partial charge in [-0.3, -0.25) is 14.7 Å². The highest BCUT2D eigenvalue weighted by atomic mass is 32.1. The molecule has 0 atom stereocenters. The van der Waals surface area contributed by atoms with Crippen LogP contribution < -0.4 is 5.32 Å². The van der Waals surface area contributed by atoms with Gasteiger partial charge in [0.1, 0.15) is 5.00 Å². The fraction of sp³-hybridized carbons (Fsp3) is 0.474. The van der Waals surface area contributed by atoms with E-state index in [-0.39, 0.29) is 5.91 Å². The number of ether oxygens (including phenoxy) is 1. The number of aromatic nitrogens is 1. The number of pyridine rings is 1. The van der Waals surface area contributed by atoms with Crippen molar-refractivity contribution in [2.75, 3.05) is 31.6 Å². The number of fused-ring (bicyclic) bond motifs is 1. The Bertz CT molecular complexity index is 739. The fourth-order valence-electron chi connectivity index (χ4n) is 3.55. The van der Waals surface area contributed by atoms with Gasteiger partial charge in [0.05, 0.1) is 18.8 Å². The summed E-state index contributed by atoms with van der Waals surface area (Å²) in [4.78, 5) is 20.5. The van der Waals surface area contributed by atoms with E-state index in [2.05, 4.69) is 15.2 Å². The molecule has 6 heteroatoms. The normalized spacial score (nSPS) is 17.9. The predicted octanol–water partition coefficient (Wildman–Crippen LogP) is 3.11. The highest BCUT2D eigenvalue weighted by Gasteiger charge is 2.24. The van der Waals surface area contributed by atoms with E-state index in [1.807, 2.05) is 0 Å². The van der Waals surface area contributed by atoms with Crippen LogP contribution in [0.3, 0.4) is 0 Å². The first-order valence-corrected chi connectivity index (χ1v) is 9.78. The standard InChI is InChI=1S/C19H23N3O2S/c23-18(14-4-3-7-20-12-14)21-19-16(13-22-8-10-24-11-9-22)15-5-1-2-6-17(15)25-19/h3-4,7,12H,1-2,5-6,8-11,13H2,(H,21,23). The number of nitrogens with zero attached hydrogens (tertiary/aromatic N) is 2. The minimum Gasteiger partial charge on any atom is -0.379 e. The molecule has 1 fully saturated rings. The van der Waals surface area contributed by atoms with Crippen molar-refractivity contribution in [3.63, 3.8) is 0 Å². The Morgan fingerprint density at radius 1 is 1.28 bits per heavy atom. The van der Waals surface area contributed by atoms with Gasteiger partial charge in [-0.15, -0.1) is 11.3 Å². The van der Waals surface area contributed by atoms with Crippen LogP contribution in [0.25, 0.3) is 0 Å². The number of aryl methyl sites for hydroxylation is 1. The molecule has 0 saturated carbocycles. The minimum absolute atomic E-state index is 0.0741. The maximum atomic E-state index is 12.6. The Labute approximate surface area is 152 Å². The van der Waals surface area contributed by atoms with E-state index in [9.17, 15) is 4.79 Å². The monoisotopic (exact) mass is 357 g/mol. The third-order valence-electron chi connectivity index (χ3n) is 4.92. The molecule has 1 aliphatic carbocycles. The van der Waals surface area contributed by atoms with Crippen LogP contribution in [0.1, 0.15) is 39.2 Å².